The molecule has 2 heterocycles. The Kier molecular flexibility index (Phi) is 3.88. The first-order valence-electron chi connectivity index (χ1n) is 6.85. The number of rotatable bonds is 2. The molecule has 2 aromatic rings. The quantitative estimate of drug-likeness (QED) is 0.924. The Morgan fingerprint density at radius 3 is 2.52 bits per heavy atom. The van der Waals surface area contributed by atoms with Crippen LogP contribution >= 0.6 is 11.6 Å². The summed E-state index contributed by atoms with van der Waals surface area (Å²) in [6, 6.07) is 4.18. The van der Waals surface area contributed by atoms with E-state index in [-0.39, 0.29) is 5.95 Å². The molecule has 110 valence electrons. The van der Waals surface area contributed by atoms with E-state index in [1.807, 2.05) is 0 Å². The highest BCUT2D eigenvalue weighted by Gasteiger charge is 2.16. The molecule has 1 saturated heterocycles. The van der Waals surface area contributed by atoms with Gasteiger partial charge in [-0.3, -0.25) is 0 Å². The van der Waals surface area contributed by atoms with E-state index in [1.165, 1.54) is 18.6 Å². The van der Waals surface area contributed by atoms with E-state index in [1.54, 1.807) is 6.07 Å². The van der Waals surface area contributed by atoms with Gasteiger partial charge in [0.15, 0.2) is 5.82 Å². The van der Waals surface area contributed by atoms with Crippen molar-refractivity contribution < 1.29 is 4.39 Å². The minimum atomic E-state index is -0.434. The van der Waals surface area contributed by atoms with Crippen LogP contribution in [0.3, 0.4) is 0 Å². The van der Waals surface area contributed by atoms with Gasteiger partial charge in [-0.25, -0.2) is 4.39 Å². The Morgan fingerprint density at radius 1 is 1.05 bits per heavy atom. The molecule has 1 aliphatic rings. The van der Waals surface area contributed by atoms with Crippen molar-refractivity contribution in [3.05, 3.63) is 29.0 Å². The summed E-state index contributed by atoms with van der Waals surface area (Å²) in [5, 5.41) is 0.295. The summed E-state index contributed by atoms with van der Waals surface area (Å²) < 4.78 is 13.5. The van der Waals surface area contributed by atoms with Gasteiger partial charge >= 0.3 is 0 Å². The van der Waals surface area contributed by atoms with Crippen LogP contribution in [0.15, 0.2) is 18.2 Å². The Labute approximate surface area is 127 Å². The molecule has 0 saturated carbocycles. The van der Waals surface area contributed by atoms with E-state index < -0.39 is 5.82 Å². The molecule has 0 unspecified atom stereocenters. The van der Waals surface area contributed by atoms with Crippen molar-refractivity contribution in [3.63, 3.8) is 0 Å². The normalized spacial score (nSPS) is 15.2. The molecule has 0 spiro atoms. The van der Waals surface area contributed by atoms with Crippen molar-refractivity contribution in [3.8, 4) is 11.4 Å². The number of halogens is 2. The van der Waals surface area contributed by atoms with Crippen LogP contribution in [0.5, 0.6) is 0 Å². The van der Waals surface area contributed by atoms with Gasteiger partial charge in [-0.15, -0.1) is 0 Å². The van der Waals surface area contributed by atoms with Gasteiger partial charge < -0.3 is 10.6 Å². The lowest BCUT2D eigenvalue weighted by Gasteiger charge is -2.26. The molecule has 1 aromatic carbocycles. The van der Waals surface area contributed by atoms with Crippen LogP contribution in [0.25, 0.3) is 11.4 Å². The number of nitrogen functional groups attached to an aromatic ring is 1. The number of aromatic nitrogens is 3. The summed E-state index contributed by atoms with van der Waals surface area (Å²) >= 11 is 5.88. The van der Waals surface area contributed by atoms with Crippen molar-refractivity contribution in [2.45, 2.75) is 19.3 Å². The Balaban J connectivity index is 2.00. The van der Waals surface area contributed by atoms with Gasteiger partial charge in [0.2, 0.25) is 11.9 Å². The minimum absolute atomic E-state index is 0.126. The molecule has 5 nitrogen and oxygen atoms in total. The van der Waals surface area contributed by atoms with Crippen LogP contribution in [-0.2, 0) is 0 Å². The minimum Gasteiger partial charge on any atom is -0.368 e. The van der Waals surface area contributed by atoms with Crippen molar-refractivity contribution >= 4 is 23.5 Å². The molecule has 1 aliphatic heterocycles. The largest absolute Gasteiger partial charge is 0.368 e. The average Bonchev–Trinajstić information content (AvgIpc) is 2.46. The fourth-order valence-electron chi connectivity index (χ4n) is 2.43. The lowest BCUT2D eigenvalue weighted by atomic mass is 10.1. The van der Waals surface area contributed by atoms with E-state index in [9.17, 15) is 4.39 Å². The van der Waals surface area contributed by atoms with Gasteiger partial charge in [0.25, 0.3) is 0 Å². The summed E-state index contributed by atoms with van der Waals surface area (Å²) in [5.41, 5.74) is 6.26. The summed E-state index contributed by atoms with van der Waals surface area (Å²) in [6.45, 7) is 1.79. The van der Waals surface area contributed by atoms with E-state index in [2.05, 4.69) is 19.9 Å². The second-order valence-electron chi connectivity index (χ2n) is 5.02. The molecule has 3 rings (SSSR count). The molecule has 0 amide bonds. The molecular weight excluding hydrogens is 293 g/mol. The monoisotopic (exact) mass is 307 g/mol. The van der Waals surface area contributed by atoms with Crippen LogP contribution in [0.1, 0.15) is 19.3 Å². The number of nitrogens with zero attached hydrogens (tertiary/aromatic N) is 4. The van der Waals surface area contributed by atoms with Gasteiger partial charge in [0, 0.05) is 23.7 Å². The van der Waals surface area contributed by atoms with Gasteiger partial charge in [-0.05, 0) is 37.5 Å². The predicted molar refractivity (Wildman–Crippen MR) is 80.7 cm³/mol. The number of piperidine rings is 1. The maximum absolute atomic E-state index is 13.5. The zero-order valence-electron chi connectivity index (χ0n) is 11.4. The average molecular weight is 308 g/mol. The Bertz CT molecular complexity index is 638. The van der Waals surface area contributed by atoms with Crippen LogP contribution in [-0.4, -0.2) is 28.0 Å². The molecule has 1 aromatic heterocycles. The third-order valence-corrected chi connectivity index (χ3v) is 3.62. The summed E-state index contributed by atoms with van der Waals surface area (Å²) in [4.78, 5) is 14.8. The van der Waals surface area contributed by atoms with Gasteiger partial charge in [0.1, 0.15) is 5.82 Å². The zero-order chi connectivity index (χ0) is 14.8. The SMILES string of the molecule is Nc1nc(-c2cc(F)cc(Cl)c2)nc(N2CCCCC2)n1. The van der Waals surface area contributed by atoms with Gasteiger partial charge in [-0.2, -0.15) is 15.0 Å². The van der Waals surface area contributed by atoms with Crippen LogP contribution in [0, 0.1) is 5.82 Å². The fourth-order valence-corrected chi connectivity index (χ4v) is 2.65. The molecule has 21 heavy (non-hydrogen) atoms. The molecular formula is C14H15ClFN5. The Hall–Kier alpha value is -1.95. The lowest BCUT2D eigenvalue weighted by molar-refractivity contribution is 0.568. The third-order valence-electron chi connectivity index (χ3n) is 3.40. The lowest BCUT2D eigenvalue weighted by Crippen LogP contribution is -2.31. The number of benzene rings is 1. The fraction of sp³-hybridized carbons (Fsp3) is 0.357. The second kappa shape index (κ2) is 5.81. The smallest absolute Gasteiger partial charge is 0.230 e. The summed E-state index contributed by atoms with van der Waals surface area (Å²) in [6.07, 6.45) is 3.42. The maximum Gasteiger partial charge on any atom is 0.230 e. The van der Waals surface area contributed by atoms with E-state index in [0.29, 0.717) is 22.4 Å². The van der Waals surface area contributed by atoms with Crippen LogP contribution in [0.2, 0.25) is 5.02 Å². The predicted octanol–water partition coefficient (Wildman–Crippen LogP) is 2.90. The number of nitrogens with two attached hydrogens (primary N) is 1. The van der Waals surface area contributed by atoms with E-state index in [4.69, 9.17) is 17.3 Å². The standard InChI is InChI=1S/C14H15ClFN5/c15-10-6-9(7-11(16)8-10)12-18-13(17)20-14(19-12)21-4-2-1-3-5-21/h6-8H,1-5H2,(H2,17,18,19,20). The summed E-state index contributed by atoms with van der Waals surface area (Å²) in [7, 11) is 0. The van der Waals surface area contributed by atoms with E-state index >= 15 is 0 Å². The first-order chi connectivity index (χ1) is 10.1. The molecule has 0 bridgehead atoms. The number of anilines is 2. The number of hydrogen-bond donors (Lipinski definition) is 1. The topological polar surface area (TPSA) is 67.9 Å². The second-order valence-corrected chi connectivity index (χ2v) is 5.46. The van der Waals surface area contributed by atoms with Crippen molar-refractivity contribution in [1.29, 1.82) is 0 Å². The first kappa shape index (κ1) is 14.0. The Morgan fingerprint density at radius 2 is 1.81 bits per heavy atom. The maximum atomic E-state index is 13.5. The first-order valence-corrected chi connectivity index (χ1v) is 7.22. The zero-order valence-corrected chi connectivity index (χ0v) is 12.1. The molecule has 7 heteroatoms. The van der Waals surface area contributed by atoms with Crippen molar-refractivity contribution in [2.24, 2.45) is 0 Å². The molecule has 0 aliphatic carbocycles. The third kappa shape index (κ3) is 3.21. The van der Waals surface area contributed by atoms with Crippen molar-refractivity contribution in [1.82, 2.24) is 15.0 Å². The van der Waals surface area contributed by atoms with Crippen LogP contribution < -0.4 is 10.6 Å². The number of hydrogen-bond acceptors (Lipinski definition) is 5. The van der Waals surface area contributed by atoms with E-state index in [0.717, 1.165) is 25.9 Å². The molecule has 1 fully saturated rings. The molecule has 2 N–H and O–H groups in total. The van der Waals surface area contributed by atoms with Gasteiger partial charge in [0.05, 0.1) is 0 Å². The van der Waals surface area contributed by atoms with Crippen LogP contribution in [0.4, 0.5) is 16.3 Å². The highest BCUT2D eigenvalue weighted by Crippen LogP contribution is 2.24. The molecule has 0 radical (unpaired) electrons. The summed E-state index contributed by atoms with van der Waals surface area (Å²) in [5.74, 6) is 0.569. The van der Waals surface area contributed by atoms with Crippen molar-refractivity contribution in [2.75, 3.05) is 23.7 Å². The highest BCUT2D eigenvalue weighted by atomic mass is 35.5. The highest BCUT2D eigenvalue weighted by molar-refractivity contribution is 6.30. The molecule has 0 atom stereocenters. The van der Waals surface area contributed by atoms with Gasteiger partial charge in [-0.1, -0.05) is 11.6 Å².